The van der Waals surface area contributed by atoms with Crippen LogP contribution in [-0.4, -0.2) is 21.0 Å². The molecular weight excluding hydrogens is 485 g/mol. The van der Waals surface area contributed by atoms with Crippen LogP contribution in [0.25, 0.3) is 0 Å². The van der Waals surface area contributed by atoms with E-state index in [-0.39, 0.29) is 11.0 Å². The van der Waals surface area contributed by atoms with Crippen molar-refractivity contribution in [3.63, 3.8) is 0 Å². The molecule has 0 saturated heterocycles. The summed E-state index contributed by atoms with van der Waals surface area (Å²) in [5.41, 5.74) is 3.49. The molecule has 0 saturated carbocycles. The summed E-state index contributed by atoms with van der Waals surface area (Å²) in [6.07, 6.45) is -1.07. The molecule has 3 rings (SSSR count). The van der Waals surface area contributed by atoms with Gasteiger partial charge in [-0.15, -0.1) is 0 Å². The van der Waals surface area contributed by atoms with E-state index in [2.05, 4.69) is 16.0 Å². The predicted octanol–water partition coefficient (Wildman–Crippen LogP) is 5.93. The van der Waals surface area contributed by atoms with Gasteiger partial charge in [0, 0.05) is 5.69 Å². The maximum absolute atomic E-state index is 13.4. The van der Waals surface area contributed by atoms with Crippen molar-refractivity contribution in [2.45, 2.75) is 22.8 Å². The number of rotatable bonds is 6. The Labute approximate surface area is 208 Å². The molecule has 3 aromatic rings. The molecular formula is C24H22Cl3N3OS. The van der Waals surface area contributed by atoms with Gasteiger partial charge in [-0.3, -0.25) is 4.79 Å². The van der Waals surface area contributed by atoms with Gasteiger partial charge < -0.3 is 16.0 Å². The Hall–Kier alpha value is -2.31. The summed E-state index contributed by atoms with van der Waals surface area (Å²) in [4.78, 5) is 13.4. The molecule has 166 valence electrons. The zero-order chi connectivity index (χ0) is 23.1. The number of nitrogens with one attached hydrogen (secondary N) is 3. The molecule has 0 bridgehead atoms. The van der Waals surface area contributed by atoms with E-state index in [0.29, 0.717) is 0 Å². The van der Waals surface area contributed by atoms with E-state index in [1.807, 2.05) is 91.9 Å². The molecule has 4 nitrogen and oxygen atoms in total. The van der Waals surface area contributed by atoms with E-state index in [0.717, 1.165) is 22.4 Å². The lowest BCUT2D eigenvalue weighted by Crippen LogP contribution is -2.57. The topological polar surface area (TPSA) is 53.2 Å². The highest BCUT2D eigenvalue weighted by molar-refractivity contribution is 7.80. The van der Waals surface area contributed by atoms with Gasteiger partial charge in [0.25, 0.3) is 0 Å². The van der Waals surface area contributed by atoms with E-state index in [1.165, 1.54) is 0 Å². The number of aryl methyl sites for hydroxylation is 1. The number of carbonyl (C=O) groups is 1. The van der Waals surface area contributed by atoms with Gasteiger partial charge in [-0.1, -0.05) is 108 Å². The molecule has 32 heavy (non-hydrogen) atoms. The highest BCUT2D eigenvalue weighted by Gasteiger charge is 2.36. The molecule has 0 aromatic heterocycles. The number of amides is 1. The Morgan fingerprint density at radius 3 is 1.91 bits per heavy atom. The second kappa shape index (κ2) is 11.0. The average Bonchev–Trinajstić information content (AvgIpc) is 2.74. The molecule has 0 radical (unpaired) electrons. The monoisotopic (exact) mass is 505 g/mol. The minimum atomic E-state index is -1.86. The fourth-order valence-electron chi connectivity index (χ4n) is 3.23. The molecule has 1 amide bonds. The number of carbonyl (C=O) groups excluding carboxylic acids is 1. The second-order valence-corrected chi connectivity index (χ2v) is 9.98. The Bertz CT molecular complexity index is 1020. The van der Waals surface area contributed by atoms with E-state index in [4.69, 9.17) is 47.0 Å². The molecule has 0 unspecified atom stereocenters. The Balaban J connectivity index is 1.80. The van der Waals surface area contributed by atoms with Gasteiger partial charge in [0.2, 0.25) is 9.70 Å². The first-order chi connectivity index (χ1) is 15.2. The first-order valence-electron chi connectivity index (χ1n) is 9.85. The lowest BCUT2D eigenvalue weighted by atomic mass is 9.90. The highest BCUT2D eigenvalue weighted by atomic mass is 35.6. The minimum absolute atomic E-state index is 0.211. The summed E-state index contributed by atoms with van der Waals surface area (Å²) in [6, 6.07) is 26.5. The predicted molar refractivity (Wildman–Crippen MR) is 137 cm³/mol. The summed E-state index contributed by atoms with van der Waals surface area (Å²) in [5, 5.41) is 8.97. The molecule has 8 heteroatoms. The molecule has 0 spiro atoms. The Kier molecular flexibility index (Phi) is 8.38. The normalized spacial score (nSPS) is 12.2. The number of halogens is 3. The molecule has 0 fully saturated rings. The van der Waals surface area contributed by atoms with Crippen molar-refractivity contribution in [3.05, 3.63) is 102 Å². The molecule has 0 heterocycles. The first-order valence-corrected chi connectivity index (χ1v) is 11.4. The van der Waals surface area contributed by atoms with Crippen LogP contribution < -0.4 is 16.0 Å². The highest BCUT2D eigenvalue weighted by Crippen LogP contribution is 2.31. The molecule has 3 N–H and O–H groups in total. The molecule has 3 aromatic carbocycles. The van der Waals surface area contributed by atoms with Crippen molar-refractivity contribution in [1.29, 1.82) is 0 Å². The van der Waals surface area contributed by atoms with Crippen LogP contribution in [0.2, 0.25) is 0 Å². The van der Waals surface area contributed by atoms with Crippen LogP contribution in [0.4, 0.5) is 5.69 Å². The zero-order valence-corrected chi connectivity index (χ0v) is 20.3. The Morgan fingerprint density at radius 2 is 1.41 bits per heavy atom. The number of hydrogen-bond acceptors (Lipinski definition) is 2. The number of anilines is 1. The van der Waals surface area contributed by atoms with Gasteiger partial charge in [0.15, 0.2) is 5.11 Å². The summed E-state index contributed by atoms with van der Waals surface area (Å²) in [7, 11) is 0. The maximum atomic E-state index is 13.4. The number of alkyl halides is 3. The third kappa shape index (κ3) is 6.84. The fourth-order valence-corrected chi connectivity index (χ4v) is 3.80. The average molecular weight is 507 g/mol. The van der Waals surface area contributed by atoms with Crippen LogP contribution in [0.3, 0.4) is 0 Å². The van der Waals surface area contributed by atoms with Crippen LogP contribution in [0.5, 0.6) is 0 Å². The molecule has 0 aliphatic rings. The SMILES string of the molecule is Cc1cccc(NC(=S)N[C@@H](NC(=O)C(c2ccccc2)c2ccccc2)C(Cl)(Cl)Cl)c1. The number of hydrogen-bond donors (Lipinski definition) is 3. The molecule has 1 atom stereocenters. The van der Waals surface area contributed by atoms with Crippen molar-refractivity contribution in [2.24, 2.45) is 0 Å². The van der Waals surface area contributed by atoms with Crippen LogP contribution in [0.15, 0.2) is 84.9 Å². The van der Waals surface area contributed by atoms with Gasteiger partial charge in [-0.05, 0) is 48.0 Å². The lowest BCUT2D eigenvalue weighted by Gasteiger charge is -2.29. The smallest absolute Gasteiger partial charge is 0.233 e. The van der Waals surface area contributed by atoms with Crippen molar-refractivity contribution in [1.82, 2.24) is 10.6 Å². The summed E-state index contributed by atoms with van der Waals surface area (Å²) in [6.45, 7) is 1.97. The van der Waals surface area contributed by atoms with Gasteiger partial charge >= 0.3 is 0 Å². The van der Waals surface area contributed by atoms with Crippen LogP contribution in [0.1, 0.15) is 22.6 Å². The standard InChI is InChI=1S/C24H22Cl3N3OS/c1-16-9-8-14-19(15-16)28-23(32)30-22(24(25,26)27)29-21(31)20(17-10-4-2-5-11-17)18-12-6-3-7-13-18/h2-15,20,22H,1H3,(H,29,31)(H2,28,30,32)/t22-/m1/s1. The minimum Gasteiger partial charge on any atom is -0.339 e. The number of benzene rings is 3. The summed E-state index contributed by atoms with van der Waals surface area (Å²) < 4.78 is -1.86. The van der Waals surface area contributed by atoms with E-state index >= 15 is 0 Å². The van der Waals surface area contributed by atoms with Crippen LogP contribution in [0, 0.1) is 6.92 Å². The van der Waals surface area contributed by atoms with Gasteiger partial charge in [0.05, 0.1) is 5.92 Å². The van der Waals surface area contributed by atoms with Crippen molar-refractivity contribution in [2.75, 3.05) is 5.32 Å². The molecule has 0 aliphatic carbocycles. The fraction of sp³-hybridized carbons (Fsp3) is 0.167. The second-order valence-electron chi connectivity index (χ2n) is 7.21. The third-order valence-electron chi connectivity index (χ3n) is 4.69. The van der Waals surface area contributed by atoms with E-state index < -0.39 is 15.9 Å². The van der Waals surface area contributed by atoms with Crippen molar-refractivity contribution in [3.8, 4) is 0 Å². The van der Waals surface area contributed by atoms with Gasteiger partial charge in [-0.25, -0.2) is 0 Å². The van der Waals surface area contributed by atoms with E-state index in [1.54, 1.807) is 0 Å². The Morgan fingerprint density at radius 1 is 0.844 bits per heavy atom. The van der Waals surface area contributed by atoms with E-state index in [9.17, 15) is 4.79 Å². The quantitative estimate of drug-likeness (QED) is 0.220. The molecule has 0 aliphatic heterocycles. The lowest BCUT2D eigenvalue weighted by molar-refractivity contribution is -0.122. The number of thiocarbonyl (C=S) groups is 1. The van der Waals surface area contributed by atoms with Crippen molar-refractivity contribution < 1.29 is 4.79 Å². The maximum Gasteiger partial charge on any atom is 0.233 e. The van der Waals surface area contributed by atoms with Crippen LogP contribution in [-0.2, 0) is 4.79 Å². The summed E-state index contributed by atoms with van der Waals surface area (Å²) >= 11 is 23.9. The third-order valence-corrected chi connectivity index (χ3v) is 5.57. The first kappa shape index (κ1) is 24.3. The largest absolute Gasteiger partial charge is 0.339 e. The zero-order valence-electron chi connectivity index (χ0n) is 17.2. The van der Waals surface area contributed by atoms with Gasteiger partial charge in [-0.2, -0.15) is 0 Å². The van der Waals surface area contributed by atoms with Crippen molar-refractivity contribution >= 4 is 63.7 Å². The van der Waals surface area contributed by atoms with Crippen LogP contribution >= 0.6 is 47.0 Å². The summed E-state index contributed by atoms with van der Waals surface area (Å²) in [5.74, 6) is -0.920. The van der Waals surface area contributed by atoms with Gasteiger partial charge in [0.1, 0.15) is 6.17 Å².